The van der Waals surface area contributed by atoms with Crippen LogP contribution in [-0.4, -0.2) is 18.0 Å². The average Bonchev–Trinajstić information content (AvgIpc) is 2.42. The Morgan fingerprint density at radius 1 is 1.00 bits per heavy atom. The topological polar surface area (TPSA) is 25.8 Å². The summed E-state index contributed by atoms with van der Waals surface area (Å²) in [5.74, 6) is 0. The molecule has 0 bridgehead atoms. The van der Waals surface area contributed by atoms with Crippen molar-refractivity contribution in [2.75, 3.05) is 0 Å². The first-order valence-electron chi connectivity index (χ1n) is 7.44. The molecule has 0 unspecified atom stereocenters. The predicted octanol–water partition coefficient (Wildman–Crippen LogP) is 3.77. The van der Waals surface area contributed by atoms with Crippen molar-refractivity contribution in [3.05, 3.63) is 45.8 Å². The van der Waals surface area contributed by atoms with Gasteiger partial charge in [-0.2, -0.15) is 0 Å². The Labute approximate surface area is 142 Å². The average molecular weight is 410 g/mol. The highest BCUT2D eigenvalue weighted by molar-refractivity contribution is 14.1. The van der Waals surface area contributed by atoms with Crippen LogP contribution in [0.25, 0.3) is 0 Å². The standard InChI is InChI=1S/C17H23IN2Si/c1-12(2)21(13(3)4,17-19-9-6-10-20-17)16-8-7-14(5)11-15(16)18/h6-13H,1-5H3. The van der Waals surface area contributed by atoms with E-state index in [-0.39, 0.29) is 0 Å². The van der Waals surface area contributed by atoms with Gasteiger partial charge in [0.1, 0.15) is 5.45 Å². The van der Waals surface area contributed by atoms with Crippen LogP contribution in [-0.2, 0) is 0 Å². The van der Waals surface area contributed by atoms with Crippen LogP contribution in [0, 0.1) is 10.5 Å². The molecule has 2 nitrogen and oxygen atoms in total. The molecule has 0 atom stereocenters. The lowest BCUT2D eigenvalue weighted by Crippen LogP contribution is -2.65. The van der Waals surface area contributed by atoms with Crippen molar-refractivity contribution in [2.45, 2.75) is 45.7 Å². The minimum absolute atomic E-state index is 0.552. The Balaban J connectivity index is 2.77. The molecule has 0 saturated carbocycles. The van der Waals surface area contributed by atoms with Gasteiger partial charge in [0.25, 0.3) is 0 Å². The maximum absolute atomic E-state index is 4.68. The van der Waals surface area contributed by atoms with E-state index in [2.05, 4.69) is 85.4 Å². The van der Waals surface area contributed by atoms with E-state index in [9.17, 15) is 0 Å². The minimum atomic E-state index is -2.00. The van der Waals surface area contributed by atoms with Gasteiger partial charge < -0.3 is 0 Å². The molecule has 2 rings (SSSR count). The third-order valence-electron chi connectivity index (χ3n) is 4.33. The summed E-state index contributed by atoms with van der Waals surface area (Å²) in [6.07, 6.45) is 3.77. The minimum Gasteiger partial charge on any atom is -0.246 e. The van der Waals surface area contributed by atoms with Gasteiger partial charge in [0.05, 0.1) is 0 Å². The van der Waals surface area contributed by atoms with E-state index >= 15 is 0 Å². The highest BCUT2D eigenvalue weighted by Gasteiger charge is 2.47. The zero-order chi connectivity index (χ0) is 15.6. The Kier molecular flexibility index (Phi) is 5.19. The van der Waals surface area contributed by atoms with Crippen LogP contribution in [0.4, 0.5) is 0 Å². The number of hydrogen-bond acceptors (Lipinski definition) is 2. The van der Waals surface area contributed by atoms with E-state index in [1.54, 1.807) is 0 Å². The van der Waals surface area contributed by atoms with Crippen molar-refractivity contribution >= 4 is 41.3 Å². The molecule has 2 aromatic rings. The first-order valence-corrected chi connectivity index (χ1v) is 10.7. The molecular weight excluding hydrogens is 387 g/mol. The smallest absolute Gasteiger partial charge is 0.171 e. The number of rotatable bonds is 4. The van der Waals surface area contributed by atoms with E-state index in [0.29, 0.717) is 11.1 Å². The van der Waals surface area contributed by atoms with Gasteiger partial charge in [0, 0.05) is 16.0 Å². The third kappa shape index (κ3) is 2.92. The number of hydrogen-bond donors (Lipinski definition) is 0. The SMILES string of the molecule is Cc1ccc([Si](c2ncccn2)(C(C)C)C(C)C)c(I)c1. The van der Waals surface area contributed by atoms with Gasteiger partial charge in [-0.05, 0) is 57.9 Å². The van der Waals surface area contributed by atoms with Crippen molar-refractivity contribution in [1.82, 2.24) is 9.97 Å². The summed E-state index contributed by atoms with van der Waals surface area (Å²) in [4.78, 5) is 9.36. The van der Waals surface area contributed by atoms with E-state index in [1.165, 1.54) is 14.3 Å². The largest absolute Gasteiger partial charge is 0.246 e. The molecule has 0 aliphatic carbocycles. The molecule has 0 fully saturated rings. The lowest BCUT2D eigenvalue weighted by molar-refractivity contribution is 0.915. The lowest BCUT2D eigenvalue weighted by Gasteiger charge is -2.38. The summed E-state index contributed by atoms with van der Waals surface area (Å²) in [5.41, 5.74) is 3.48. The Hall–Kier alpha value is -0.753. The van der Waals surface area contributed by atoms with Gasteiger partial charge in [0.2, 0.25) is 0 Å². The van der Waals surface area contributed by atoms with Gasteiger partial charge in [-0.15, -0.1) is 0 Å². The molecule has 4 heteroatoms. The second kappa shape index (κ2) is 6.56. The normalized spacial score (nSPS) is 12.2. The zero-order valence-electron chi connectivity index (χ0n) is 13.4. The number of aromatic nitrogens is 2. The maximum atomic E-state index is 4.68. The molecule has 0 aliphatic heterocycles. The summed E-state index contributed by atoms with van der Waals surface area (Å²) in [7, 11) is -2.00. The Bertz CT molecular complexity index is 603. The van der Waals surface area contributed by atoms with E-state index < -0.39 is 8.07 Å². The van der Waals surface area contributed by atoms with Crippen LogP contribution in [0.15, 0.2) is 36.7 Å². The van der Waals surface area contributed by atoms with Crippen molar-refractivity contribution in [3.63, 3.8) is 0 Å². The van der Waals surface area contributed by atoms with Crippen LogP contribution in [0.3, 0.4) is 0 Å². The van der Waals surface area contributed by atoms with Crippen molar-refractivity contribution < 1.29 is 0 Å². The van der Waals surface area contributed by atoms with Crippen molar-refractivity contribution in [3.8, 4) is 0 Å². The molecule has 1 aromatic heterocycles. The number of nitrogens with zero attached hydrogens (tertiary/aromatic N) is 2. The van der Waals surface area contributed by atoms with Gasteiger partial charge in [-0.25, -0.2) is 9.97 Å². The molecule has 0 aliphatic rings. The molecule has 0 amide bonds. The number of halogens is 1. The van der Waals surface area contributed by atoms with Gasteiger partial charge in [-0.3, -0.25) is 0 Å². The summed E-state index contributed by atoms with van der Waals surface area (Å²) >= 11 is 2.48. The van der Waals surface area contributed by atoms with Gasteiger partial charge in [0.15, 0.2) is 8.07 Å². The second-order valence-corrected chi connectivity index (χ2v) is 12.4. The van der Waals surface area contributed by atoms with Crippen LogP contribution in [0.1, 0.15) is 33.3 Å². The van der Waals surface area contributed by atoms with Crippen LogP contribution < -0.4 is 10.6 Å². The van der Waals surface area contributed by atoms with E-state index in [1.807, 2.05) is 18.5 Å². The quantitative estimate of drug-likeness (QED) is 0.567. The van der Waals surface area contributed by atoms with Crippen LogP contribution in [0.2, 0.25) is 11.1 Å². The summed E-state index contributed by atoms with van der Waals surface area (Å²) in [6.45, 7) is 11.5. The highest BCUT2D eigenvalue weighted by Crippen LogP contribution is 2.32. The fraction of sp³-hybridized carbons (Fsp3) is 0.412. The molecule has 0 N–H and O–H groups in total. The van der Waals surface area contributed by atoms with E-state index in [4.69, 9.17) is 0 Å². The Morgan fingerprint density at radius 2 is 1.57 bits per heavy atom. The predicted molar refractivity (Wildman–Crippen MR) is 101 cm³/mol. The number of benzene rings is 1. The van der Waals surface area contributed by atoms with Crippen LogP contribution in [0.5, 0.6) is 0 Å². The van der Waals surface area contributed by atoms with E-state index in [0.717, 1.165) is 5.45 Å². The monoisotopic (exact) mass is 410 g/mol. The fourth-order valence-corrected chi connectivity index (χ4v) is 10.7. The molecule has 1 aromatic carbocycles. The summed E-state index contributed by atoms with van der Waals surface area (Å²) < 4.78 is 1.36. The lowest BCUT2D eigenvalue weighted by atomic mass is 10.2. The first kappa shape index (κ1) is 16.6. The van der Waals surface area contributed by atoms with Crippen molar-refractivity contribution in [1.29, 1.82) is 0 Å². The third-order valence-corrected chi connectivity index (χ3v) is 11.7. The molecular formula is C17H23IN2Si. The summed E-state index contributed by atoms with van der Waals surface area (Å²) in [6, 6.07) is 8.74. The maximum Gasteiger partial charge on any atom is 0.171 e. The highest BCUT2D eigenvalue weighted by atomic mass is 127. The van der Waals surface area contributed by atoms with Crippen molar-refractivity contribution in [2.24, 2.45) is 0 Å². The number of aryl methyl sites for hydroxylation is 1. The fourth-order valence-electron chi connectivity index (χ4n) is 3.39. The molecule has 0 spiro atoms. The van der Waals surface area contributed by atoms with Crippen LogP contribution >= 0.6 is 22.6 Å². The molecule has 0 saturated heterocycles. The first-order chi connectivity index (χ1) is 9.90. The molecule has 0 radical (unpaired) electrons. The second-order valence-electron chi connectivity index (χ2n) is 6.23. The molecule has 1 heterocycles. The molecule has 21 heavy (non-hydrogen) atoms. The molecule has 112 valence electrons. The summed E-state index contributed by atoms with van der Waals surface area (Å²) in [5, 5.41) is 1.48. The zero-order valence-corrected chi connectivity index (χ0v) is 16.5. The van der Waals surface area contributed by atoms with Gasteiger partial charge >= 0.3 is 0 Å². The van der Waals surface area contributed by atoms with Gasteiger partial charge in [-0.1, -0.05) is 45.4 Å². The Morgan fingerprint density at radius 3 is 2.05 bits per heavy atom.